The van der Waals surface area contributed by atoms with Crippen molar-refractivity contribution < 1.29 is 18.6 Å². The van der Waals surface area contributed by atoms with Crippen LogP contribution in [0.25, 0.3) is 16.7 Å². The molecule has 5 rings (SSSR count). The number of hydrogen-bond acceptors (Lipinski definition) is 9. The van der Waals surface area contributed by atoms with Crippen LogP contribution >= 0.6 is 0 Å². The molecule has 1 saturated heterocycles. The van der Waals surface area contributed by atoms with E-state index >= 15 is 0 Å². The van der Waals surface area contributed by atoms with Crippen molar-refractivity contribution in [3.8, 4) is 5.82 Å². The summed E-state index contributed by atoms with van der Waals surface area (Å²) >= 11 is 0. The standard InChI is InChI=1S/C24H29N7O4S/c1-15-16(10-30-12-19(33)9-18(30)14-32)11-31(28-15)23-6-7-25-24(27-23)26-17-4-5-21-20(8-17)22(13-29(21)2)36(3,34)35/h4-8,11,13,18-19,32-33H,9-10,12,14H2,1-3H3,(H,25,26,27)/t18-,19+/m0/s1. The van der Waals surface area contributed by atoms with Crippen LogP contribution in [-0.2, 0) is 23.4 Å². The number of nitrogens with zero attached hydrogens (tertiary/aromatic N) is 6. The Kier molecular flexibility index (Phi) is 6.29. The number of anilines is 2. The Bertz CT molecular complexity index is 1530. The van der Waals surface area contributed by atoms with Crippen molar-refractivity contribution >= 4 is 32.4 Å². The zero-order chi connectivity index (χ0) is 25.6. The van der Waals surface area contributed by atoms with Crippen molar-refractivity contribution in [3.63, 3.8) is 0 Å². The van der Waals surface area contributed by atoms with Crippen molar-refractivity contribution in [2.75, 3.05) is 24.7 Å². The lowest BCUT2D eigenvalue weighted by Gasteiger charge is -2.21. The fourth-order valence-corrected chi connectivity index (χ4v) is 5.64. The molecule has 0 amide bonds. The van der Waals surface area contributed by atoms with Crippen LogP contribution in [0, 0.1) is 6.92 Å². The van der Waals surface area contributed by atoms with Gasteiger partial charge in [0.25, 0.3) is 0 Å². The minimum Gasteiger partial charge on any atom is -0.395 e. The van der Waals surface area contributed by atoms with E-state index in [9.17, 15) is 18.6 Å². The maximum Gasteiger partial charge on any atom is 0.229 e. The molecule has 0 radical (unpaired) electrons. The summed E-state index contributed by atoms with van der Waals surface area (Å²) < 4.78 is 27.9. The van der Waals surface area contributed by atoms with E-state index in [1.165, 1.54) is 6.26 Å². The average molecular weight is 512 g/mol. The lowest BCUT2D eigenvalue weighted by molar-refractivity contribution is 0.150. The summed E-state index contributed by atoms with van der Waals surface area (Å²) in [5.41, 5.74) is 3.29. The van der Waals surface area contributed by atoms with Crippen LogP contribution in [0.5, 0.6) is 0 Å². The molecule has 1 aromatic carbocycles. The van der Waals surface area contributed by atoms with Crippen LogP contribution in [0.2, 0.25) is 0 Å². The lowest BCUT2D eigenvalue weighted by atomic mass is 10.2. The fraction of sp³-hybridized carbons (Fsp3) is 0.375. The molecule has 0 bridgehead atoms. The molecule has 4 heterocycles. The Morgan fingerprint density at radius 3 is 2.78 bits per heavy atom. The maximum atomic E-state index is 12.2. The molecule has 0 aliphatic carbocycles. The molecule has 0 saturated carbocycles. The van der Waals surface area contributed by atoms with Gasteiger partial charge in [-0.2, -0.15) is 10.1 Å². The Morgan fingerprint density at radius 1 is 1.22 bits per heavy atom. The van der Waals surface area contributed by atoms with Crippen molar-refractivity contribution in [3.05, 3.63) is 54.1 Å². The molecule has 3 N–H and O–H groups in total. The first kappa shape index (κ1) is 24.4. The van der Waals surface area contributed by atoms with Crippen LogP contribution in [0.15, 0.2) is 47.8 Å². The fourth-order valence-electron chi connectivity index (χ4n) is 4.72. The SMILES string of the molecule is Cc1nn(-c2ccnc(Nc3ccc4c(c3)c(S(C)(=O)=O)cn4C)n2)cc1CN1C[C@H](O)C[C@H]1CO. The number of aliphatic hydroxyl groups is 2. The van der Waals surface area contributed by atoms with Gasteiger partial charge < -0.3 is 20.1 Å². The van der Waals surface area contributed by atoms with Crippen molar-refractivity contribution in [1.82, 2.24) is 29.2 Å². The number of benzene rings is 1. The first-order chi connectivity index (χ1) is 17.1. The van der Waals surface area contributed by atoms with E-state index in [2.05, 4.69) is 25.3 Å². The van der Waals surface area contributed by atoms with Crippen LogP contribution in [-0.4, -0.2) is 79.4 Å². The normalized spacial score (nSPS) is 18.8. The maximum absolute atomic E-state index is 12.2. The highest BCUT2D eigenvalue weighted by Gasteiger charge is 2.30. The number of β-amino-alcohol motifs (C(OH)–C–C–N with tert-alkyl or cyclic N) is 1. The molecule has 3 aromatic heterocycles. The second-order valence-electron chi connectivity index (χ2n) is 9.31. The summed E-state index contributed by atoms with van der Waals surface area (Å²) in [6.07, 6.45) is 6.47. The summed E-state index contributed by atoms with van der Waals surface area (Å²) in [5.74, 6) is 0.918. The van der Waals surface area contributed by atoms with E-state index in [4.69, 9.17) is 0 Å². The molecule has 12 heteroatoms. The second-order valence-corrected chi connectivity index (χ2v) is 11.3. The van der Waals surface area contributed by atoms with E-state index in [0.29, 0.717) is 42.4 Å². The van der Waals surface area contributed by atoms with E-state index in [1.807, 2.05) is 32.3 Å². The Balaban J connectivity index is 1.39. The summed E-state index contributed by atoms with van der Waals surface area (Å²) in [6, 6.07) is 7.17. The van der Waals surface area contributed by atoms with E-state index in [0.717, 1.165) is 16.8 Å². The molecule has 36 heavy (non-hydrogen) atoms. The average Bonchev–Trinajstić information content (AvgIpc) is 3.48. The zero-order valence-electron chi connectivity index (χ0n) is 20.3. The van der Waals surface area contributed by atoms with Gasteiger partial charge in [-0.15, -0.1) is 0 Å². The molecule has 1 aliphatic rings. The van der Waals surface area contributed by atoms with Gasteiger partial charge in [-0.25, -0.2) is 18.1 Å². The van der Waals surface area contributed by atoms with Gasteiger partial charge in [0.2, 0.25) is 5.95 Å². The smallest absolute Gasteiger partial charge is 0.229 e. The number of fused-ring (bicyclic) bond motifs is 1. The molecular weight excluding hydrogens is 482 g/mol. The highest BCUT2D eigenvalue weighted by Crippen LogP contribution is 2.28. The molecule has 2 atom stereocenters. The Hall–Kier alpha value is -3.32. The number of rotatable bonds is 7. The molecule has 1 aliphatic heterocycles. The molecule has 1 fully saturated rings. The summed E-state index contributed by atoms with van der Waals surface area (Å²) in [5, 5.41) is 28.0. The van der Waals surface area contributed by atoms with Crippen LogP contribution in [0.1, 0.15) is 17.7 Å². The number of hydrogen-bond donors (Lipinski definition) is 3. The van der Waals surface area contributed by atoms with Gasteiger partial charge in [0.1, 0.15) is 0 Å². The monoisotopic (exact) mass is 511 g/mol. The quantitative estimate of drug-likeness (QED) is 0.337. The number of aliphatic hydroxyl groups excluding tert-OH is 2. The highest BCUT2D eigenvalue weighted by molar-refractivity contribution is 7.91. The predicted octanol–water partition coefficient (Wildman–Crippen LogP) is 1.54. The second kappa shape index (κ2) is 9.28. The number of aryl methyl sites for hydroxylation is 2. The van der Waals surface area contributed by atoms with E-state index in [1.54, 1.807) is 33.8 Å². The summed E-state index contributed by atoms with van der Waals surface area (Å²) in [4.78, 5) is 11.2. The summed E-state index contributed by atoms with van der Waals surface area (Å²) in [6.45, 7) is 3.01. The van der Waals surface area contributed by atoms with E-state index < -0.39 is 15.9 Å². The van der Waals surface area contributed by atoms with Crippen molar-refractivity contribution in [1.29, 1.82) is 0 Å². The summed E-state index contributed by atoms with van der Waals surface area (Å²) in [7, 11) is -1.57. The van der Waals surface area contributed by atoms with Gasteiger partial charge in [-0.1, -0.05) is 0 Å². The molecular formula is C24H29N7O4S. The zero-order valence-corrected chi connectivity index (χ0v) is 21.1. The molecule has 11 nitrogen and oxygen atoms in total. The number of nitrogens with one attached hydrogen (secondary N) is 1. The van der Waals surface area contributed by atoms with Crippen LogP contribution in [0.3, 0.4) is 0 Å². The number of sulfone groups is 1. The van der Waals surface area contributed by atoms with Crippen LogP contribution < -0.4 is 5.32 Å². The molecule has 4 aromatic rings. The Labute approximate surface area is 208 Å². The van der Waals surface area contributed by atoms with Gasteiger partial charge in [0.15, 0.2) is 15.7 Å². The lowest BCUT2D eigenvalue weighted by Crippen LogP contribution is -2.32. The minimum atomic E-state index is -3.38. The third kappa shape index (κ3) is 4.72. The first-order valence-corrected chi connectivity index (χ1v) is 13.5. The van der Waals surface area contributed by atoms with Gasteiger partial charge >= 0.3 is 0 Å². The van der Waals surface area contributed by atoms with Crippen LogP contribution in [0.4, 0.5) is 11.6 Å². The van der Waals surface area contributed by atoms with Gasteiger partial charge in [0.05, 0.1) is 23.3 Å². The third-order valence-corrected chi connectivity index (χ3v) is 7.70. The largest absolute Gasteiger partial charge is 0.395 e. The topological polar surface area (TPSA) is 138 Å². The van der Waals surface area contributed by atoms with Crippen molar-refractivity contribution in [2.45, 2.75) is 36.9 Å². The first-order valence-electron chi connectivity index (χ1n) is 11.6. The number of aromatic nitrogens is 5. The van der Waals surface area contributed by atoms with Crippen molar-refractivity contribution in [2.24, 2.45) is 7.05 Å². The predicted molar refractivity (Wildman–Crippen MR) is 135 cm³/mol. The Morgan fingerprint density at radius 2 is 2.03 bits per heavy atom. The highest BCUT2D eigenvalue weighted by atomic mass is 32.2. The molecule has 0 unspecified atom stereocenters. The molecule has 0 spiro atoms. The minimum absolute atomic E-state index is 0.00559. The van der Waals surface area contributed by atoms with Gasteiger partial charge in [0, 0.05) is 79.2 Å². The van der Waals surface area contributed by atoms with Gasteiger partial charge in [-0.3, -0.25) is 4.90 Å². The van der Waals surface area contributed by atoms with Gasteiger partial charge in [-0.05, 0) is 31.5 Å². The third-order valence-electron chi connectivity index (χ3n) is 6.57. The van der Waals surface area contributed by atoms with E-state index in [-0.39, 0.29) is 17.5 Å². The molecule has 190 valence electrons. The number of likely N-dealkylation sites (tertiary alicyclic amines) is 1.